The highest BCUT2D eigenvalue weighted by Crippen LogP contribution is 2.39. The van der Waals surface area contributed by atoms with E-state index < -0.39 is 0 Å². The van der Waals surface area contributed by atoms with Crippen molar-refractivity contribution < 1.29 is 14.7 Å². The van der Waals surface area contributed by atoms with E-state index in [4.69, 9.17) is 11.6 Å². The Kier molecular flexibility index (Phi) is 7.40. The Bertz CT molecular complexity index is 1670. The summed E-state index contributed by atoms with van der Waals surface area (Å²) in [4.78, 5) is 41.8. The molecule has 2 aromatic heterocycles. The molecule has 3 aliphatic heterocycles. The van der Waals surface area contributed by atoms with E-state index in [0.29, 0.717) is 56.2 Å². The SMILES string of the molecule is O=C(Cn1cc(-c2ccccc2Cl)c2c(N3CCC(O)CC3)ncnc21)N1CCC(N2Cc3ccccc3NC2=O)CC1. The molecule has 2 fully saturated rings. The molecule has 7 rings (SSSR count). The third kappa shape index (κ3) is 5.29. The number of aromatic nitrogens is 3. The van der Waals surface area contributed by atoms with Gasteiger partial charge in [-0.3, -0.25) is 4.79 Å². The van der Waals surface area contributed by atoms with E-state index in [1.165, 1.54) is 0 Å². The van der Waals surface area contributed by atoms with Crippen molar-refractivity contribution >= 4 is 46.1 Å². The molecular weight excluding hydrogens is 566 g/mol. The topological polar surface area (TPSA) is 107 Å². The van der Waals surface area contributed by atoms with E-state index in [9.17, 15) is 14.7 Å². The van der Waals surface area contributed by atoms with Gasteiger partial charge in [0.25, 0.3) is 0 Å². The number of carbonyl (C=O) groups excluding carboxylic acids is 2. The van der Waals surface area contributed by atoms with E-state index in [-0.39, 0.29) is 30.6 Å². The molecule has 3 aliphatic rings. The van der Waals surface area contributed by atoms with E-state index in [1.54, 1.807) is 6.33 Å². The number of hydrogen-bond acceptors (Lipinski definition) is 6. The predicted octanol–water partition coefficient (Wildman–Crippen LogP) is 4.75. The number of likely N-dealkylation sites (tertiary alicyclic amines) is 1. The molecule has 2 saturated heterocycles. The molecule has 5 heterocycles. The number of aliphatic hydroxyl groups is 1. The zero-order chi connectivity index (χ0) is 29.5. The zero-order valence-electron chi connectivity index (χ0n) is 23.8. The monoisotopic (exact) mass is 599 g/mol. The molecule has 0 radical (unpaired) electrons. The lowest BCUT2D eigenvalue weighted by atomic mass is 10.0. The van der Waals surface area contributed by atoms with Gasteiger partial charge >= 0.3 is 6.03 Å². The number of piperidine rings is 2. The van der Waals surface area contributed by atoms with Gasteiger partial charge < -0.3 is 29.7 Å². The summed E-state index contributed by atoms with van der Waals surface area (Å²) >= 11 is 6.66. The Balaban J connectivity index is 1.12. The second kappa shape index (κ2) is 11.5. The number of benzene rings is 2. The van der Waals surface area contributed by atoms with Crippen LogP contribution in [0.5, 0.6) is 0 Å². The third-order valence-electron chi connectivity index (χ3n) is 8.99. The fourth-order valence-electron chi connectivity index (χ4n) is 6.62. The fourth-order valence-corrected chi connectivity index (χ4v) is 6.86. The third-order valence-corrected chi connectivity index (χ3v) is 9.32. The van der Waals surface area contributed by atoms with Crippen molar-refractivity contribution in [2.24, 2.45) is 0 Å². The number of rotatable bonds is 5. The first-order valence-corrected chi connectivity index (χ1v) is 15.3. The summed E-state index contributed by atoms with van der Waals surface area (Å²) in [5.74, 6) is 0.802. The van der Waals surface area contributed by atoms with Gasteiger partial charge in [0.05, 0.1) is 11.5 Å². The second-order valence-corrected chi connectivity index (χ2v) is 12.0. The maximum absolute atomic E-state index is 13.7. The van der Waals surface area contributed by atoms with Crippen LogP contribution < -0.4 is 10.2 Å². The second-order valence-electron chi connectivity index (χ2n) is 11.6. The molecule has 0 aliphatic carbocycles. The van der Waals surface area contributed by atoms with Crippen LogP contribution in [0.2, 0.25) is 5.02 Å². The number of para-hydroxylation sites is 1. The van der Waals surface area contributed by atoms with Crippen molar-refractivity contribution in [1.29, 1.82) is 0 Å². The zero-order valence-corrected chi connectivity index (χ0v) is 24.6. The lowest BCUT2D eigenvalue weighted by molar-refractivity contribution is -0.133. The Morgan fingerprint density at radius 3 is 2.49 bits per heavy atom. The molecule has 0 bridgehead atoms. The van der Waals surface area contributed by atoms with Crippen molar-refractivity contribution in [1.82, 2.24) is 24.3 Å². The van der Waals surface area contributed by atoms with Crippen molar-refractivity contribution in [3.8, 4) is 11.1 Å². The van der Waals surface area contributed by atoms with Gasteiger partial charge in [-0.1, -0.05) is 48.0 Å². The highest BCUT2D eigenvalue weighted by atomic mass is 35.5. The Morgan fingerprint density at radius 1 is 0.953 bits per heavy atom. The summed E-state index contributed by atoms with van der Waals surface area (Å²) in [5.41, 5.74) is 4.40. The molecule has 4 aromatic rings. The largest absolute Gasteiger partial charge is 0.393 e. The van der Waals surface area contributed by atoms with Crippen LogP contribution in [0.3, 0.4) is 0 Å². The molecular formula is C32H34ClN7O3. The van der Waals surface area contributed by atoms with Crippen LogP contribution in [0, 0.1) is 0 Å². The Morgan fingerprint density at radius 2 is 1.70 bits per heavy atom. The minimum absolute atomic E-state index is 0.00996. The number of anilines is 2. The normalized spacial score (nSPS) is 18.2. The lowest BCUT2D eigenvalue weighted by Crippen LogP contribution is -2.51. The number of fused-ring (bicyclic) bond motifs is 2. The Labute approximate surface area is 254 Å². The molecule has 10 nitrogen and oxygen atoms in total. The summed E-state index contributed by atoms with van der Waals surface area (Å²) < 4.78 is 1.90. The van der Waals surface area contributed by atoms with Gasteiger partial charge in [0, 0.05) is 66.8 Å². The van der Waals surface area contributed by atoms with Crippen LogP contribution in [0.25, 0.3) is 22.2 Å². The number of halogens is 1. The number of aliphatic hydroxyl groups excluding tert-OH is 1. The highest BCUT2D eigenvalue weighted by molar-refractivity contribution is 6.33. The van der Waals surface area contributed by atoms with Crippen LogP contribution in [-0.2, 0) is 17.9 Å². The van der Waals surface area contributed by atoms with Crippen molar-refractivity contribution in [2.75, 3.05) is 36.4 Å². The first-order chi connectivity index (χ1) is 21.0. The van der Waals surface area contributed by atoms with Gasteiger partial charge in [-0.05, 0) is 43.4 Å². The van der Waals surface area contributed by atoms with Crippen molar-refractivity contribution in [3.63, 3.8) is 0 Å². The van der Waals surface area contributed by atoms with Crippen molar-refractivity contribution in [2.45, 2.75) is 50.9 Å². The van der Waals surface area contributed by atoms with E-state index in [2.05, 4.69) is 20.2 Å². The molecule has 222 valence electrons. The fraction of sp³-hybridized carbons (Fsp3) is 0.375. The maximum Gasteiger partial charge on any atom is 0.322 e. The average molecular weight is 600 g/mol. The minimum atomic E-state index is -0.303. The van der Waals surface area contributed by atoms with Crippen LogP contribution in [0.4, 0.5) is 16.3 Å². The quantitative estimate of drug-likeness (QED) is 0.343. The van der Waals surface area contributed by atoms with Crippen LogP contribution >= 0.6 is 11.6 Å². The summed E-state index contributed by atoms with van der Waals surface area (Å²) in [7, 11) is 0. The average Bonchev–Trinajstić information content (AvgIpc) is 3.39. The molecule has 3 amide bonds. The predicted molar refractivity (Wildman–Crippen MR) is 166 cm³/mol. The summed E-state index contributed by atoms with van der Waals surface area (Å²) in [6, 6.07) is 15.6. The van der Waals surface area contributed by atoms with Crippen molar-refractivity contribution in [3.05, 3.63) is 71.6 Å². The van der Waals surface area contributed by atoms with Gasteiger partial charge in [0.15, 0.2) is 0 Å². The first kappa shape index (κ1) is 27.7. The summed E-state index contributed by atoms with van der Waals surface area (Å²) in [6.45, 7) is 3.27. The number of urea groups is 1. The number of carbonyl (C=O) groups is 2. The molecule has 2 N–H and O–H groups in total. The van der Waals surface area contributed by atoms with Gasteiger partial charge in [0.1, 0.15) is 24.3 Å². The maximum atomic E-state index is 13.7. The van der Waals surface area contributed by atoms with Gasteiger partial charge in [-0.15, -0.1) is 0 Å². The molecule has 0 atom stereocenters. The summed E-state index contributed by atoms with van der Waals surface area (Å²) in [6.07, 6.45) is 6.01. The number of nitrogens with zero attached hydrogens (tertiary/aromatic N) is 6. The molecule has 0 saturated carbocycles. The van der Waals surface area contributed by atoms with E-state index >= 15 is 0 Å². The van der Waals surface area contributed by atoms with Gasteiger partial charge in [0.2, 0.25) is 5.91 Å². The number of nitrogens with one attached hydrogen (secondary N) is 1. The molecule has 11 heteroatoms. The van der Waals surface area contributed by atoms with Gasteiger partial charge in [-0.2, -0.15) is 0 Å². The first-order valence-electron chi connectivity index (χ1n) is 14.9. The van der Waals surface area contributed by atoms with E-state index in [1.807, 2.05) is 69.1 Å². The number of amides is 3. The molecule has 0 unspecified atom stereocenters. The molecule has 2 aromatic carbocycles. The van der Waals surface area contributed by atoms with E-state index in [0.717, 1.165) is 46.4 Å². The summed E-state index contributed by atoms with van der Waals surface area (Å²) in [5, 5.41) is 14.6. The van der Waals surface area contributed by atoms with Gasteiger partial charge in [-0.25, -0.2) is 14.8 Å². The Hall–Kier alpha value is -4.15. The minimum Gasteiger partial charge on any atom is -0.393 e. The standard InChI is InChI=1S/C32H34ClN7O3/c33-26-7-3-2-6-24(26)25-18-39(31-29(25)30(34-20-35-31)38-15-11-23(41)12-16-38)19-28(42)37-13-9-22(10-14-37)40-17-21-5-1-4-8-27(21)36-32(40)43/h1-8,18,20,22-23,41H,9-17,19H2,(H,36,43). The van der Waals surface area contributed by atoms with Crippen LogP contribution in [-0.4, -0.2) is 79.7 Å². The highest BCUT2D eigenvalue weighted by Gasteiger charge is 2.33. The smallest absolute Gasteiger partial charge is 0.322 e. The molecule has 0 spiro atoms. The lowest BCUT2D eigenvalue weighted by Gasteiger charge is -2.40. The van der Waals surface area contributed by atoms with Crippen LogP contribution in [0.1, 0.15) is 31.2 Å². The number of hydrogen-bond donors (Lipinski definition) is 2. The van der Waals surface area contributed by atoms with Crippen LogP contribution in [0.15, 0.2) is 61.1 Å². The molecule has 43 heavy (non-hydrogen) atoms.